The van der Waals surface area contributed by atoms with Gasteiger partial charge in [-0.3, -0.25) is 4.90 Å². The van der Waals surface area contributed by atoms with Gasteiger partial charge >= 0.3 is 0 Å². The molecule has 2 aliphatic rings. The van der Waals surface area contributed by atoms with E-state index in [-0.39, 0.29) is 5.60 Å². The summed E-state index contributed by atoms with van der Waals surface area (Å²) in [6.07, 6.45) is 7.06. The first-order valence-electron chi connectivity index (χ1n) is 6.44. The van der Waals surface area contributed by atoms with Crippen molar-refractivity contribution >= 4 is 0 Å². The Kier molecular flexibility index (Phi) is 3.09. The summed E-state index contributed by atoms with van der Waals surface area (Å²) in [7, 11) is 0. The van der Waals surface area contributed by atoms with E-state index < -0.39 is 0 Å². The van der Waals surface area contributed by atoms with Gasteiger partial charge in [-0.2, -0.15) is 0 Å². The van der Waals surface area contributed by atoms with Crippen LogP contribution in [0.4, 0.5) is 0 Å². The van der Waals surface area contributed by atoms with E-state index in [0.717, 1.165) is 25.9 Å². The highest BCUT2D eigenvalue weighted by Gasteiger charge is 2.36. The summed E-state index contributed by atoms with van der Waals surface area (Å²) >= 11 is 0. The lowest BCUT2D eigenvalue weighted by molar-refractivity contribution is -0.0229. The van der Waals surface area contributed by atoms with Crippen molar-refractivity contribution in [3.8, 4) is 0 Å². The smallest absolute Gasteiger partial charge is 0.0774 e. The molecule has 15 heavy (non-hydrogen) atoms. The highest BCUT2D eigenvalue weighted by atomic mass is 16.3. The maximum Gasteiger partial charge on any atom is 0.0774 e. The van der Waals surface area contributed by atoms with Gasteiger partial charge in [0.05, 0.1) is 5.60 Å². The van der Waals surface area contributed by atoms with E-state index in [1.165, 1.54) is 32.2 Å². The van der Waals surface area contributed by atoms with Gasteiger partial charge in [-0.25, -0.2) is 0 Å². The van der Waals surface area contributed by atoms with Crippen LogP contribution < -0.4 is 0 Å². The van der Waals surface area contributed by atoms with Crippen LogP contribution in [0.5, 0.6) is 0 Å². The molecule has 0 spiro atoms. The molecule has 0 atom stereocenters. The Morgan fingerprint density at radius 1 is 1.07 bits per heavy atom. The number of nitrogens with zero attached hydrogens (tertiary/aromatic N) is 1. The van der Waals surface area contributed by atoms with Crippen LogP contribution in [0.3, 0.4) is 0 Å². The van der Waals surface area contributed by atoms with E-state index in [0.29, 0.717) is 5.41 Å². The SMILES string of the molecule is CC1(C)CCN(CC2(O)CCCCC2)C1. The molecule has 0 amide bonds. The second-order valence-electron chi connectivity index (χ2n) is 6.41. The summed E-state index contributed by atoms with van der Waals surface area (Å²) < 4.78 is 0. The van der Waals surface area contributed by atoms with Crippen LogP contribution in [0.15, 0.2) is 0 Å². The molecule has 2 fully saturated rings. The zero-order chi connectivity index (χ0) is 10.9. The van der Waals surface area contributed by atoms with E-state index in [9.17, 15) is 5.11 Å². The summed E-state index contributed by atoms with van der Waals surface area (Å²) in [5.41, 5.74) is 0.101. The summed E-state index contributed by atoms with van der Waals surface area (Å²) in [6, 6.07) is 0. The molecule has 1 aliphatic heterocycles. The Morgan fingerprint density at radius 2 is 1.73 bits per heavy atom. The first kappa shape index (κ1) is 11.4. The zero-order valence-electron chi connectivity index (χ0n) is 10.3. The fraction of sp³-hybridized carbons (Fsp3) is 1.00. The topological polar surface area (TPSA) is 23.5 Å². The van der Waals surface area contributed by atoms with E-state index in [4.69, 9.17) is 0 Å². The number of β-amino-alcohol motifs (C(OH)–C–C–N with tert-alkyl or cyclic N) is 1. The van der Waals surface area contributed by atoms with Gasteiger partial charge in [-0.15, -0.1) is 0 Å². The molecule has 1 N–H and O–H groups in total. The molecule has 2 rings (SSSR count). The quantitative estimate of drug-likeness (QED) is 0.758. The molecule has 2 heteroatoms. The third-order valence-corrected chi connectivity index (χ3v) is 4.06. The van der Waals surface area contributed by atoms with Crippen LogP contribution in [0.1, 0.15) is 52.4 Å². The number of aliphatic hydroxyl groups is 1. The molecular weight excluding hydrogens is 186 g/mol. The molecule has 1 saturated carbocycles. The first-order chi connectivity index (χ1) is 6.99. The molecule has 0 radical (unpaired) electrons. The van der Waals surface area contributed by atoms with Crippen LogP contribution in [-0.2, 0) is 0 Å². The Morgan fingerprint density at radius 3 is 2.27 bits per heavy atom. The van der Waals surface area contributed by atoms with Crippen molar-refractivity contribution in [2.24, 2.45) is 5.41 Å². The molecular formula is C13H25NO. The number of likely N-dealkylation sites (tertiary alicyclic amines) is 1. The average Bonchev–Trinajstić information content (AvgIpc) is 2.45. The van der Waals surface area contributed by atoms with Crippen molar-refractivity contribution in [1.82, 2.24) is 4.90 Å². The molecule has 0 bridgehead atoms. The monoisotopic (exact) mass is 211 g/mol. The summed E-state index contributed by atoms with van der Waals surface area (Å²) in [6.45, 7) is 7.91. The molecule has 0 aromatic carbocycles. The van der Waals surface area contributed by atoms with E-state index >= 15 is 0 Å². The predicted molar refractivity (Wildman–Crippen MR) is 62.9 cm³/mol. The maximum absolute atomic E-state index is 10.5. The third-order valence-electron chi connectivity index (χ3n) is 4.06. The van der Waals surface area contributed by atoms with Gasteiger partial charge in [-0.1, -0.05) is 33.1 Å². The molecule has 0 unspecified atom stereocenters. The van der Waals surface area contributed by atoms with Crippen LogP contribution in [-0.4, -0.2) is 35.2 Å². The average molecular weight is 211 g/mol. The maximum atomic E-state index is 10.5. The lowest BCUT2D eigenvalue weighted by atomic mass is 9.84. The Bertz CT molecular complexity index is 219. The molecule has 88 valence electrons. The normalized spacial score (nSPS) is 30.6. The Labute approximate surface area is 93.7 Å². The minimum Gasteiger partial charge on any atom is -0.389 e. The van der Waals surface area contributed by atoms with Crippen LogP contribution in [0, 0.1) is 5.41 Å². The van der Waals surface area contributed by atoms with Crippen LogP contribution >= 0.6 is 0 Å². The van der Waals surface area contributed by atoms with Gasteiger partial charge in [0.1, 0.15) is 0 Å². The fourth-order valence-electron chi connectivity index (χ4n) is 3.14. The van der Waals surface area contributed by atoms with Gasteiger partial charge in [0.25, 0.3) is 0 Å². The van der Waals surface area contributed by atoms with E-state index in [2.05, 4.69) is 18.7 Å². The first-order valence-corrected chi connectivity index (χ1v) is 6.44. The van der Waals surface area contributed by atoms with Gasteiger partial charge in [0.2, 0.25) is 0 Å². The van der Waals surface area contributed by atoms with Crippen molar-refractivity contribution in [3.05, 3.63) is 0 Å². The summed E-state index contributed by atoms with van der Waals surface area (Å²) in [5.74, 6) is 0. The van der Waals surface area contributed by atoms with Gasteiger partial charge < -0.3 is 5.11 Å². The van der Waals surface area contributed by atoms with Gasteiger partial charge in [0, 0.05) is 13.1 Å². The predicted octanol–water partition coefficient (Wildman–Crippen LogP) is 2.41. The lowest BCUT2D eigenvalue weighted by Gasteiger charge is -2.36. The highest BCUT2D eigenvalue weighted by molar-refractivity contribution is 4.90. The van der Waals surface area contributed by atoms with Gasteiger partial charge in [0.15, 0.2) is 0 Å². The highest BCUT2D eigenvalue weighted by Crippen LogP contribution is 2.33. The zero-order valence-corrected chi connectivity index (χ0v) is 10.3. The Hall–Kier alpha value is -0.0800. The van der Waals surface area contributed by atoms with Crippen molar-refractivity contribution in [3.63, 3.8) is 0 Å². The van der Waals surface area contributed by atoms with Crippen molar-refractivity contribution in [2.45, 2.75) is 58.0 Å². The second kappa shape index (κ2) is 4.06. The van der Waals surface area contributed by atoms with Crippen LogP contribution in [0.2, 0.25) is 0 Å². The standard InChI is InChI=1S/C13H25NO/c1-12(2)8-9-14(10-12)11-13(15)6-4-3-5-7-13/h15H,3-11H2,1-2H3. The third kappa shape index (κ3) is 2.94. The molecule has 2 nitrogen and oxygen atoms in total. The molecule has 1 aliphatic carbocycles. The molecule has 1 heterocycles. The lowest BCUT2D eigenvalue weighted by Crippen LogP contribution is -2.44. The summed E-state index contributed by atoms with van der Waals surface area (Å²) in [5, 5.41) is 10.5. The largest absolute Gasteiger partial charge is 0.389 e. The minimum absolute atomic E-state index is 0.362. The van der Waals surface area contributed by atoms with Gasteiger partial charge in [-0.05, 0) is 31.2 Å². The fourth-order valence-corrected chi connectivity index (χ4v) is 3.14. The van der Waals surface area contributed by atoms with Crippen molar-refractivity contribution < 1.29 is 5.11 Å². The molecule has 1 saturated heterocycles. The number of rotatable bonds is 2. The van der Waals surface area contributed by atoms with E-state index in [1.807, 2.05) is 0 Å². The summed E-state index contributed by atoms with van der Waals surface area (Å²) in [4.78, 5) is 2.46. The van der Waals surface area contributed by atoms with Crippen LogP contribution in [0.25, 0.3) is 0 Å². The molecule has 0 aromatic rings. The number of hydrogen-bond acceptors (Lipinski definition) is 2. The van der Waals surface area contributed by atoms with Crippen molar-refractivity contribution in [2.75, 3.05) is 19.6 Å². The minimum atomic E-state index is -0.362. The number of hydrogen-bond donors (Lipinski definition) is 1. The van der Waals surface area contributed by atoms with E-state index in [1.54, 1.807) is 0 Å². The van der Waals surface area contributed by atoms with Crippen molar-refractivity contribution in [1.29, 1.82) is 0 Å². The molecule has 0 aromatic heterocycles. The Balaban J connectivity index is 1.86. The second-order valence-corrected chi connectivity index (χ2v) is 6.41.